The molecular formula is C23H29N3O2. The third kappa shape index (κ3) is 5.12. The van der Waals surface area contributed by atoms with E-state index in [0.717, 1.165) is 18.8 Å². The fourth-order valence-electron chi connectivity index (χ4n) is 3.34. The summed E-state index contributed by atoms with van der Waals surface area (Å²) in [6.07, 6.45) is 3.73. The Kier molecular flexibility index (Phi) is 6.02. The maximum absolute atomic E-state index is 12.2. The molecule has 3 rings (SSSR count). The van der Waals surface area contributed by atoms with Crippen LogP contribution in [0.2, 0.25) is 0 Å². The minimum atomic E-state index is -0.677. The lowest BCUT2D eigenvalue weighted by molar-refractivity contribution is -0.132. The van der Waals surface area contributed by atoms with Crippen molar-refractivity contribution < 1.29 is 9.59 Å². The fraction of sp³-hybridized carbons (Fsp3) is 0.391. The van der Waals surface area contributed by atoms with E-state index < -0.39 is 11.8 Å². The number of amides is 2. The predicted octanol–water partition coefficient (Wildman–Crippen LogP) is 4.55. The van der Waals surface area contributed by atoms with Crippen LogP contribution in [-0.4, -0.2) is 24.9 Å². The summed E-state index contributed by atoms with van der Waals surface area (Å²) >= 11 is 0. The van der Waals surface area contributed by atoms with E-state index in [4.69, 9.17) is 0 Å². The van der Waals surface area contributed by atoms with Crippen molar-refractivity contribution in [2.24, 2.45) is 0 Å². The Morgan fingerprint density at radius 3 is 1.68 bits per heavy atom. The van der Waals surface area contributed by atoms with Gasteiger partial charge in [-0.05, 0) is 66.6 Å². The van der Waals surface area contributed by atoms with E-state index in [9.17, 15) is 9.59 Å². The number of rotatable bonds is 3. The summed E-state index contributed by atoms with van der Waals surface area (Å²) in [7, 11) is 0. The summed E-state index contributed by atoms with van der Waals surface area (Å²) in [5, 5.41) is 5.30. The lowest BCUT2D eigenvalue weighted by Gasteiger charge is -2.28. The van der Waals surface area contributed by atoms with E-state index in [1.54, 1.807) is 0 Å². The average Bonchev–Trinajstić information content (AvgIpc) is 2.69. The van der Waals surface area contributed by atoms with Gasteiger partial charge in [0.2, 0.25) is 0 Å². The van der Waals surface area contributed by atoms with E-state index in [0.29, 0.717) is 11.4 Å². The van der Waals surface area contributed by atoms with Crippen LogP contribution in [0.3, 0.4) is 0 Å². The normalized spacial score (nSPS) is 14.5. The Bertz CT molecular complexity index is 814. The molecule has 2 amide bonds. The smallest absolute Gasteiger partial charge is 0.314 e. The van der Waals surface area contributed by atoms with Gasteiger partial charge in [0.15, 0.2) is 0 Å². The molecule has 1 aliphatic rings. The third-order valence-electron chi connectivity index (χ3n) is 5.06. The molecule has 28 heavy (non-hydrogen) atoms. The van der Waals surface area contributed by atoms with Crippen molar-refractivity contribution in [3.63, 3.8) is 0 Å². The minimum absolute atomic E-state index is 0.0419. The summed E-state index contributed by atoms with van der Waals surface area (Å²) in [5.74, 6) is -1.35. The number of carbonyl (C=O) groups is 2. The number of carbonyl (C=O) groups excluding carboxylic acids is 2. The molecule has 0 bridgehead atoms. The molecule has 0 atom stereocenters. The number of benzene rings is 2. The lowest BCUT2D eigenvalue weighted by Crippen LogP contribution is -2.30. The Morgan fingerprint density at radius 2 is 1.21 bits per heavy atom. The van der Waals surface area contributed by atoms with E-state index in [1.165, 1.54) is 24.8 Å². The number of nitrogens with zero attached hydrogens (tertiary/aromatic N) is 1. The predicted molar refractivity (Wildman–Crippen MR) is 115 cm³/mol. The van der Waals surface area contributed by atoms with Crippen LogP contribution in [0.25, 0.3) is 0 Å². The molecule has 1 heterocycles. The zero-order valence-corrected chi connectivity index (χ0v) is 16.9. The fourth-order valence-corrected chi connectivity index (χ4v) is 3.34. The van der Waals surface area contributed by atoms with Gasteiger partial charge in [0.1, 0.15) is 0 Å². The van der Waals surface area contributed by atoms with Gasteiger partial charge in [-0.2, -0.15) is 0 Å². The molecule has 2 aromatic rings. The van der Waals surface area contributed by atoms with Crippen molar-refractivity contribution in [3.05, 3.63) is 54.1 Å². The van der Waals surface area contributed by atoms with Gasteiger partial charge in [0.25, 0.3) is 0 Å². The van der Waals surface area contributed by atoms with E-state index in [1.807, 2.05) is 48.5 Å². The first-order chi connectivity index (χ1) is 13.3. The third-order valence-corrected chi connectivity index (χ3v) is 5.06. The lowest BCUT2D eigenvalue weighted by atomic mass is 9.87. The zero-order chi connectivity index (χ0) is 20.1. The summed E-state index contributed by atoms with van der Waals surface area (Å²) in [6, 6.07) is 15.2. The van der Waals surface area contributed by atoms with Crippen molar-refractivity contribution >= 4 is 28.9 Å². The van der Waals surface area contributed by atoms with E-state index in [-0.39, 0.29) is 5.41 Å². The maximum atomic E-state index is 12.2. The Balaban J connectivity index is 1.55. The highest BCUT2D eigenvalue weighted by Crippen LogP contribution is 2.24. The Morgan fingerprint density at radius 1 is 0.750 bits per heavy atom. The number of hydrogen-bond acceptors (Lipinski definition) is 3. The molecule has 0 aromatic heterocycles. The van der Waals surface area contributed by atoms with Crippen LogP contribution in [-0.2, 0) is 15.0 Å². The van der Waals surface area contributed by atoms with Crippen LogP contribution in [0.4, 0.5) is 17.1 Å². The highest BCUT2D eigenvalue weighted by atomic mass is 16.2. The molecule has 0 spiro atoms. The van der Waals surface area contributed by atoms with Crippen LogP contribution in [0.15, 0.2) is 48.5 Å². The first kappa shape index (κ1) is 19.9. The SMILES string of the molecule is CC(C)(C)c1ccc(NC(=O)C(=O)Nc2ccc(N3CCCCC3)cc2)cc1. The van der Waals surface area contributed by atoms with E-state index in [2.05, 4.69) is 36.3 Å². The minimum Gasteiger partial charge on any atom is -0.372 e. The molecule has 0 aliphatic carbocycles. The summed E-state index contributed by atoms with van der Waals surface area (Å²) in [6.45, 7) is 8.53. The van der Waals surface area contributed by atoms with Crippen LogP contribution in [0, 0.1) is 0 Å². The number of piperidine rings is 1. The first-order valence-electron chi connectivity index (χ1n) is 9.91. The van der Waals surface area contributed by atoms with Crippen molar-refractivity contribution in [2.75, 3.05) is 28.6 Å². The molecule has 5 nitrogen and oxygen atoms in total. The highest BCUT2D eigenvalue weighted by Gasteiger charge is 2.17. The molecule has 0 saturated carbocycles. The molecule has 1 fully saturated rings. The van der Waals surface area contributed by atoms with Crippen LogP contribution < -0.4 is 15.5 Å². The van der Waals surface area contributed by atoms with Gasteiger partial charge in [-0.15, -0.1) is 0 Å². The Labute approximate surface area is 167 Å². The number of hydrogen-bond donors (Lipinski definition) is 2. The monoisotopic (exact) mass is 379 g/mol. The van der Waals surface area contributed by atoms with Gasteiger partial charge in [-0.1, -0.05) is 32.9 Å². The van der Waals surface area contributed by atoms with Crippen molar-refractivity contribution in [3.8, 4) is 0 Å². The summed E-state index contributed by atoms with van der Waals surface area (Å²) in [5.41, 5.74) is 3.59. The topological polar surface area (TPSA) is 61.4 Å². The number of anilines is 3. The van der Waals surface area contributed by atoms with Gasteiger partial charge in [-0.3, -0.25) is 9.59 Å². The molecule has 2 aromatic carbocycles. The Hall–Kier alpha value is -2.82. The van der Waals surface area contributed by atoms with Gasteiger partial charge >= 0.3 is 11.8 Å². The molecular weight excluding hydrogens is 350 g/mol. The largest absolute Gasteiger partial charge is 0.372 e. The quantitative estimate of drug-likeness (QED) is 0.769. The summed E-state index contributed by atoms with van der Waals surface area (Å²) < 4.78 is 0. The second kappa shape index (κ2) is 8.46. The van der Waals surface area contributed by atoms with Gasteiger partial charge in [-0.25, -0.2) is 0 Å². The van der Waals surface area contributed by atoms with Gasteiger partial charge < -0.3 is 15.5 Å². The van der Waals surface area contributed by atoms with Crippen molar-refractivity contribution in [1.82, 2.24) is 0 Å². The molecule has 1 saturated heterocycles. The molecule has 148 valence electrons. The van der Waals surface area contributed by atoms with E-state index >= 15 is 0 Å². The number of nitrogens with one attached hydrogen (secondary N) is 2. The standard InChI is InChI=1S/C23H29N3O2/c1-23(2,3)17-7-9-18(10-8-17)24-21(27)22(28)25-19-11-13-20(14-12-19)26-15-5-4-6-16-26/h7-14H,4-6,15-16H2,1-3H3,(H,24,27)(H,25,28). The van der Waals surface area contributed by atoms with Gasteiger partial charge in [0, 0.05) is 30.2 Å². The first-order valence-corrected chi connectivity index (χ1v) is 9.91. The summed E-state index contributed by atoms with van der Waals surface area (Å²) in [4.78, 5) is 26.7. The highest BCUT2D eigenvalue weighted by molar-refractivity contribution is 6.43. The second-order valence-electron chi connectivity index (χ2n) is 8.33. The van der Waals surface area contributed by atoms with Crippen molar-refractivity contribution in [1.29, 1.82) is 0 Å². The molecule has 0 radical (unpaired) electrons. The molecule has 5 heteroatoms. The van der Waals surface area contributed by atoms with Crippen LogP contribution in [0.5, 0.6) is 0 Å². The maximum Gasteiger partial charge on any atom is 0.314 e. The van der Waals surface area contributed by atoms with Crippen LogP contribution >= 0.6 is 0 Å². The second-order valence-corrected chi connectivity index (χ2v) is 8.33. The van der Waals surface area contributed by atoms with Crippen LogP contribution in [0.1, 0.15) is 45.6 Å². The molecule has 0 unspecified atom stereocenters. The van der Waals surface area contributed by atoms with Crippen molar-refractivity contribution in [2.45, 2.75) is 45.4 Å². The zero-order valence-electron chi connectivity index (χ0n) is 16.9. The average molecular weight is 380 g/mol. The molecule has 2 N–H and O–H groups in total. The molecule has 1 aliphatic heterocycles. The van der Waals surface area contributed by atoms with Gasteiger partial charge in [0.05, 0.1) is 0 Å².